The summed E-state index contributed by atoms with van der Waals surface area (Å²) in [6.45, 7) is 9.35. The number of alkyl halides is 6. The molecule has 530 valence electrons. The van der Waals surface area contributed by atoms with Gasteiger partial charge in [-0.2, -0.15) is 26.3 Å². The van der Waals surface area contributed by atoms with Crippen LogP contribution in [-0.2, 0) is 77.9 Å². The summed E-state index contributed by atoms with van der Waals surface area (Å²) < 4.78 is 83.0. The number of carbonyl (C=O) groups excluding carboxylic acids is 11. The summed E-state index contributed by atoms with van der Waals surface area (Å²) in [5.74, 6) is -8.62. The van der Waals surface area contributed by atoms with Gasteiger partial charge in [0.1, 0.15) is 59.9 Å². The zero-order chi connectivity index (χ0) is 71.2. The van der Waals surface area contributed by atoms with E-state index in [1.54, 1.807) is 20.8 Å². The summed E-state index contributed by atoms with van der Waals surface area (Å²) in [5.41, 5.74) is -3.25. The van der Waals surface area contributed by atoms with Crippen LogP contribution < -0.4 is 21.3 Å². The lowest BCUT2D eigenvalue weighted by Crippen LogP contribution is -2.65. The Morgan fingerprint density at radius 2 is 1.16 bits per heavy atom. The first-order chi connectivity index (χ1) is 44.9. The molecule has 0 unspecified atom stereocenters. The first kappa shape index (κ1) is 75.9. The molecule has 11 amide bonds. The lowest BCUT2D eigenvalue weighted by Gasteiger charge is -2.45. The van der Waals surface area contributed by atoms with E-state index in [1.807, 2.05) is 0 Å². The molecule has 22 nitrogen and oxygen atoms in total. The molecule has 96 heavy (non-hydrogen) atoms. The quantitative estimate of drug-likeness (QED) is 0.227. The van der Waals surface area contributed by atoms with Crippen molar-refractivity contribution in [2.45, 2.75) is 223 Å². The third kappa shape index (κ3) is 17.1. The molecule has 11 atom stereocenters. The van der Waals surface area contributed by atoms with Crippen LogP contribution in [0.4, 0.5) is 26.3 Å². The number of benzene rings is 2. The monoisotopic (exact) mass is 1380 g/mol. The van der Waals surface area contributed by atoms with E-state index in [2.05, 4.69) is 21.3 Å². The van der Waals surface area contributed by atoms with Gasteiger partial charge in [0.15, 0.2) is 0 Å². The molecule has 2 aromatic carbocycles. The molecule has 3 heterocycles. The number of fused-ring (bicyclic) bond motifs is 2. The van der Waals surface area contributed by atoms with Crippen molar-refractivity contribution in [2.75, 3.05) is 48.3 Å². The number of nitrogens with zero attached hydrogens (tertiary/aromatic N) is 7. The van der Waals surface area contributed by atoms with E-state index in [0.29, 0.717) is 32.1 Å². The summed E-state index contributed by atoms with van der Waals surface area (Å²) >= 11 is 6.12. The van der Waals surface area contributed by atoms with Crippen LogP contribution in [0.3, 0.4) is 0 Å². The fourth-order valence-corrected chi connectivity index (χ4v) is 14.0. The number of hydrogen-bond acceptors (Lipinski definition) is 11. The van der Waals surface area contributed by atoms with E-state index in [9.17, 15) is 64.7 Å². The van der Waals surface area contributed by atoms with Gasteiger partial charge < -0.3 is 55.6 Å². The Kier molecular flexibility index (Phi) is 24.8. The van der Waals surface area contributed by atoms with Crippen LogP contribution in [0.2, 0.25) is 5.02 Å². The molecule has 0 radical (unpaired) electrons. The van der Waals surface area contributed by atoms with Crippen LogP contribution in [0.5, 0.6) is 0 Å². The summed E-state index contributed by atoms with van der Waals surface area (Å²) in [5, 5.41) is 10.8. The van der Waals surface area contributed by atoms with Gasteiger partial charge in [-0.1, -0.05) is 75.8 Å². The topological polar surface area (TPSA) is 259 Å². The van der Waals surface area contributed by atoms with Crippen LogP contribution in [0.15, 0.2) is 42.5 Å². The second-order valence-electron chi connectivity index (χ2n) is 26.9. The standard InChI is InChI=1S/C67H92ClF6N11O11/c1-12-37(2)53-63(95)81(9)41(6)59(91)85-33-29-50(85)61(93)82(10)51(36-43-21-25-45(26-22-43)66(69,70)71)62(94)80(8)40(5)55(87)76-48(28-24-42-23-27-46(47(68)35-42)67(72,73)74)60(92)84-32-17-20-49(84)57(89)78-65(30-15-16-31-65)64(96)83(11)54(44-18-13-14-19-44)58(90)75-38(3)34-52(86)79(7)39(4)56(88)77-53/h21-23,25-27,35,37-41,44,48-51,53-54H,12-20,24,28-34,36H2,1-11H3,(H,75,90)(H,76,87)(H,77,88)(H,78,89)/t37-,38+,39-,40+,41-,48-,49-,50-,51-,53-,54-/m0/s1. The first-order valence-corrected chi connectivity index (χ1v) is 33.5. The minimum absolute atomic E-state index is 0.0147. The molecular formula is C67H92ClF6N11O11. The van der Waals surface area contributed by atoms with Crippen molar-refractivity contribution in [3.63, 3.8) is 0 Å². The van der Waals surface area contributed by atoms with Crippen LogP contribution in [-0.4, -0.2) is 214 Å². The fourth-order valence-electron chi connectivity index (χ4n) is 13.7. The Morgan fingerprint density at radius 3 is 1.73 bits per heavy atom. The van der Waals surface area contributed by atoms with E-state index in [-0.39, 0.29) is 81.5 Å². The predicted octanol–water partition coefficient (Wildman–Crippen LogP) is 5.88. The molecule has 3 aliphatic heterocycles. The maximum absolute atomic E-state index is 15.2. The van der Waals surface area contributed by atoms with Crippen molar-refractivity contribution in [1.82, 2.24) is 55.6 Å². The highest BCUT2D eigenvalue weighted by atomic mass is 35.5. The molecule has 5 aliphatic rings. The second kappa shape index (κ2) is 31.3. The van der Waals surface area contributed by atoms with Gasteiger partial charge in [0.2, 0.25) is 65.0 Å². The van der Waals surface area contributed by atoms with Crippen LogP contribution in [0, 0.1) is 11.8 Å². The van der Waals surface area contributed by atoms with Gasteiger partial charge in [-0.25, -0.2) is 0 Å². The highest BCUT2D eigenvalue weighted by Crippen LogP contribution is 2.38. The Balaban J connectivity index is 1.26. The van der Waals surface area contributed by atoms with Crippen molar-refractivity contribution in [3.05, 3.63) is 69.7 Å². The number of likely N-dealkylation sites (N-methyl/N-ethyl adjacent to an activating group) is 5. The zero-order valence-corrected chi connectivity index (χ0v) is 57.2. The minimum Gasteiger partial charge on any atom is -0.351 e. The Labute approximate surface area is 561 Å². The van der Waals surface area contributed by atoms with Gasteiger partial charge in [-0.3, -0.25) is 52.7 Å². The lowest BCUT2D eigenvalue weighted by atomic mass is 9.90. The van der Waals surface area contributed by atoms with Crippen molar-refractivity contribution in [2.24, 2.45) is 11.8 Å². The molecule has 5 fully saturated rings. The Morgan fingerprint density at radius 1 is 0.573 bits per heavy atom. The van der Waals surface area contributed by atoms with E-state index >= 15 is 14.4 Å². The molecule has 7 rings (SSSR count). The van der Waals surface area contributed by atoms with Gasteiger partial charge in [0.05, 0.1) is 16.1 Å². The molecule has 2 saturated carbocycles. The third-order valence-corrected chi connectivity index (χ3v) is 20.9. The largest absolute Gasteiger partial charge is 0.417 e. The van der Waals surface area contributed by atoms with E-state index in [4.69, 9.17) is 11.6 Å². The number of amides is 11. The van der Waals surface area contributed by atoms with E-state index in [0.717, 1.165) is 70.0 Å². The summed E-state index contributed by atoms with van der Waals surface area (Å²) in [6, 6.07) is -5.66. The van der Waals surface area contributed by atoms with Crippen LogP contribution >= 0.6 is 11.6 Å². The smallest absolute Gasteiger partial charge is 0.351 e. The lowest BCUT2D eigenvalue weighted by molar-refractivity contribution is -0.160. The van der Waals surface area contributed by atoms with E-state index < -0.39 is 172 Å². The number of halogens is 7. The number of rotatable bonds is 8. The van der Waals surface area contributed by atoms with Crippen LogP contribution in [0.25, 0.3) is 0 Å². The molecule has 29 heteroatoms. The van der Waals surface area contributed by atoms with Gasteiger partial charge in [0, 0.05) is 67.2 Å². The fraction of sp³-hybridized carbons (Fsp3) is 0.657. The van der Waals surface area contributed by atoms with Gasteiger partial charge >= 0.3 is 12.4 Å². The van der Waals surface area contributed by atoms with Crippen molar-refractivity contribution >= 4 is 76.6 Å². The highest BCUT2D eigenvalue weighted by molar-refractivity contribution is 6.31. The molecular weight excluding hydrogens is 1280 g/mol. The molecule has 2 aromatic rings. The molecule has 1 spiro atoms. The Hall–Kier alpha value is -7.52. The molecule has 2 aliphatic carbocycles. The Bertz CT molecular complexity index is 3240. The maximum Gasteiger partial charge on any atom is 0.417 e. The number of aryl methyl sites for hydroxylation is 1. The number of carbonyl (C=O) groups is 11. The maximum atomic E-state index is 15.2. The van der Waals surface area contributed by atoms with Crippen molar-refractivity contribution in [1.29, 1.82) is 0 Å². The summed E-state index contributed by atoms with van der Waals surface area (Å²) in [7, 11) is 6.74. The SMILES string of the molecule is CC[C@H](C)[C@@H]1NC(=O)[C@H](C)N(C)C(=O)C[C@@H](C)NC(=O)[C@H](C2CCCC2)N(C)C(=O)C2(CCCC2)NC(=O)[C@@H]2CCCN2C(=O)[C@H](CCc2ccc(C(F)(F)F)c(Cl)c2)NC(=O)[C@@H](C)N(C)C(=O)[C@H](Cc2ccc(C(F)(F)F)cc2)N(C)C(=O)[C@@H]2CCN2C(=O)[C@H](C)N(C)C1=O. The highest BCUT2D eigenvalue weighted by Gasteiger charge is 2.51. The number of hydrogen-bond donors (Lipinski definition) is 4. The van der Waals surface area contributed by atoms with Gasteiger partial charge in [-0.05, 0) is 133 Å². The van der Waals surface area contributed by atoms with E-state index in [1.165, 1.54) is 75.6 Å². The van der Waals surface area contributed by atoms with Crippen molar-refractivity contribution in [3.8, 4) is 0 Å². The molecule has 0 aromatic heterocycles. The average Bonchev–Trinajstić information content (AvgIpc) is 1.15. The van der Waals surface area contributed by atoms with Gasteiger partial charge in [0.25, 0.3) is 0 Å². The zero-order valence-electron chi connectivity index (χ0n) is 56.5. The molecule has 3 saturated heterocycles. The normalized spacial score (nSPS) is 28.1. The van der Waals surface area contributed by atoms with Crippen LogP contribution in [0.1, 0.15) is 154 Å². The third-order valence-electron chi connectivity index (χ3n) is 20.6. The number of nitrogens with one attached hydrogen (secondary N) is 4. The summed E-state index contributed by atoms with van der Waals surface area (Å²) in [6.07, 6.45) is -5.66. The second-order valence-corrected chi connectivity index (χ2v) is 27.3. The predicted molar refractivity (Wildman–Crippen MR) is 341 cm³/mol. The van der Waals surface area contributed by atoms with Crippen molar-refractivity contribution < 1.29 is 79.1 Å². The first-order valence-electron chi connectivity index (χ1n) is 33.1. The average molecular weight is 1380 g/mol. The van der Waals surface area contributed by atoms with Gasteiger partial charge in [-0.15, -0.1) is 0 Å². The molecule has 4 N–H and O–H groups in total. The minimum atomic E-state index is -4.80. The summed E-state index contributed by atoms with van der Waals surface area (Å²) in [4.78, 5) is 170. The molecule has 0 bridgehead atoms.